The number of aryl methyl sites for hydroxylation is 1. The molecule has 2 aromatic carbocycles. The summed E-state index contributed by atoms with van der Waals surface area (Å²) in [5.41, 5.74) is 1.09. The summed E-state index contributed by atoms with van der Waals surface area (Å²) in [5.74, 6) is -0.522. The normalized spacial score (nSPS) is 19.6. The van der Waals surface area contributed by atoms with Crippen molar-refractivity contribution in [3.63, 3.8) is 0 Å². The van der Waals surface area contributed by atoms with E-state index >= 15 is 0 Å². The van der Waals surface area contributed by atoms with Gasteiger partial charge in [0.25, 0.3) is 0 Å². The number of benzene rings is 2. The van der Waals surface area contributed by atoms with Gasteiger partial charge >= 0.3 is 7.60 Å². The number of allylic oxidation sites excluding steroid dienone is 1. The second-order valence-corrected chi connectivity index (χ2v) is 10.9. The first-order chi connectivity index (χ1) is 13.6. The fourth-order valence-corrected chi connectivity index (χ4v) is 7.02. The summed E-state index contributed by atoms with van der Waals surface area (Å²) in [6.07, 6.45) is 1.08. The molecule has 1 atom stereocenters. The lowest BCUT2D eigenvalue weighted by Crippen LogP contribution is -2.47. The molecule has 3 rings (SSSR count). The van der Waals surface area contributed by atoms with Crippen LogP contribution in [-0.4, -0.2) is 28.4 Å². The van der Waals surface area contributed by atoms with Crippen molar-refractivity contribution in [3.05, 3.63) is 76.3 Å². The lowest BCUT2D eigenvalue weighted by Gasteiger charge is -2.39. The van der Waals surface area contributed by atoms with Crippen LogP contribution in [0, 0.1) is 6.92 Å². The molecule has 154 valence electrons. The Morgan fingerprint density at radius 2 is 1.62 bits per heavy atom. The molecule has 0 saturated heterocycles. The number of fused-ring (bicyclic) bond motifs is 1. The van der Waals surface area contributed by atoms with Crippen molar-refractivity contribution in [2.75, 3.05) is 14.2 Å². The second kappa shape index (κ2) is 7.80. The van der Waals surface area contributed by atoms with Gasteiger partial charge in [0, 0.05) is 25.3 Å². The topological polar surface area (TPSA) is 98.8 Å². The minimum Gasteiger partial charge on any atom is -0.310 e. The van der Waals surface area contributed by atoms with E-state index < -0.39 is 28.7 Å². The van der Waals surface area contributed by atoms with Gasteiger partial charge in [-0.25, -0.2) is 8.42 Å². The van der Waals surface area contributed by atoms with Gasteiger partial charge in [0.1, 0.15) is 0 Å². The first kappa shape index (κ1) is 21.9. The number of hydrogen-bond acceptors (Lipinski definition) is 6. The zero-order valence-corrected chi connectivity index (χ0v) is 18.3. The summed E-state index contributed by atoms with van der Waals surface area (Å²) in [6, 6.07) is 12.2. The van der Waals surface area contributed by atoms with Gasteiger partial charge in [-0.15, -0.1) is 0 Å². The summed E-state index contributed by atoms with van der Waals surface area (Å²) in [6.45, 7) is 1.82. The molecule has 0 radical (unpaired) electrons. The molecule has 0 spiro atoms. The largest absolute Gasteiger partial charge is 0.359 e. The predicted molar refractivity (Wildman–Crippen MR) is 110 cm³/mol. The van der Waals surface area contributed by atoms with Crippen molar-refractivity contribution in [1.29, 1.82) is 0 Å². The SMILES string of the molecule is COP(=O)(OC)C1(NS(=O)(=O)c2ccc(C)cc2)C=C(Cl)C(=O)c2ccccc21. The maximum Gasteiger partial charge on any atom is 0.359 e. The molecular weight excluding hydrogens is 437 g/mol. The van der Waals surface area contributed by atoms with E-state index in [0.29, 0.717) is 0 Å². The first-order valence-electron chi connectivity index (χ1n) is 8.45. The maximum atomic E-state index is 13.6. The van der Waals surface area contributed by atoms with Crippen molar-refractivity contribution in [2.45, 2.75) is 17.1 Å². The average Bonchev–Trinajstić information content (AvgIpc) is 2.71. The van der Waals surface area contributed by atoms with Gasteiger partial charge < -0.3 is 9.05 Å². The molecule has 10 heteroatoms. The third-order valence-electron chi connectivity index (χ3n) is 4.67. The van der Waals surface area contributed by atoms with Crippen LogP contribution in [0.3, 0.4) is 0 Å². The van der Waals surface area contributed by atoms with Crippen LogP contribution in [0.2, 0.25) is 0 Å². The average molecular weight is 456 g/mol. The van der Waals surface area contributed by atoms with Crippen molar-refractivity contribution in [2.24, 2.45) is 0 Å². The Hall–Kier alpha value is -1.80. The number of halogens is 1. The third-order valence-corrected chi connectivity index (χ3v) is 8.89. The molecule has 0 heterocycles. The van der Waals surface area contributed by atoms with E-state index in [1.54, 1.807) is 24.3 Å². The molecular formula is C19H19ClNO6PS. The van der Waals surface area contributed by atoms with Gasteiger partial charge in [-0.3, -0.25) is 9.36 Å². The summed E-state index contributed by atoms with van der Waals surface area (Å²) < 4.78 is 52.8. The summed E-state index contributed by atoms with van der Waals surface area (Å²) in [7, 11) is -6.17. The monoisotopic (exact) mass is 455 g/mol. The Morgan fingerprint density at radius 1 is 1.03 bits per heavy atom. The van der Waals surface area contributed by atoms with E-state index in [1.165, 1.54) is 24.3 Å². The van der Waals surface area contributed by atoms with Crippen LogP contribution in [0.4, 0.5) is 0 Å². The van der Waals surface area contributed by atoms with Crippen molar-refractivity contribution >= 4 is 35.0 Å². The number of hydrogen-bond donors (Lipinski definition) is 1. The third kappa shape index (κ3) is 3.61. The number of nitrogens with one attached hydrogen (secondary N) is 1. The van der Waals surface area contributed by atoms with Crippen LogP contribution >= 0.6 is 19.2 Å². The highest BCUT2D eigenvalue weighted by molar-refractivity contribution is 7.90. The van der Waals surface area contributed by atoms with Gasteiger partial charge in [0.05, 0.1) is 9.93 Å². The van der Waals surface area contributed by atoms with E-state index in [2.05, 4.69) is 4.72 Å². The maximum absolute atomic E-state index is 13.6. The van der Waals surface area contributed by atoms with Crippen molar-refractivity contribution in [3.8, 4) is 0 Å². The lowest BCUT2D eigenvalue weighted by molar-refractivity contribution is 0.103. The second-order valence-electron chi connectivity index (χ2n) is 6.41. The predicted octanol–water partition coefficient (Wildman–Crippen LogP) is 3.93. The van der Waals surface area contributed by atoms with E-state index in [0.717, 1.165) is 25.9 Å². The van der Waals surface area contributed by atoms with Gasteiger partial charge in [-0.2, -0.15) is 4.72 Å². The summed E-state index contributed by atoms with van der Waals surface area (Å²) in [4.78, 5) is 12.5. The minimum atomic E-state index is -4.22. The quantitative estimate of drug-likeness (QED) is 0.662. The smallest absolute Gasteiger partial charge is 0.310 e. The van der Waals surface area contributed by atoms with Crippen LogP contribution in [-0.2, 0) is 28.9 Å². The standard InChI is InChI=1S/C19H19ClNO6PS/c1-13-8-10-14(11-9-13)29(24,25)21-19(28(23,26-2)27-3)12-17(20)18(22)15-6-4-5-7-16(15)19/h4-12,21H,1-3H3. The summed E-state index contributed by atoms with van der Waals surface area (Å²) >= 11 is 6.14. The Balaban J connectivity index is 2.31. The van der Waals surface area contributed by atoms with Crippen LogP contribution in [0.5, 0.6) is 0 Å². The Morgan fingerprint density at radius 3 is 2.21 bits per heavy atom. The van der Waals surface area contributed by atoms with Crippen LogP contribution in [0.25, 0.3) is 0 Å². The molecule has 2 aromatic rings. The lowest BCUT2D eigenvalue weighted by atomic mass is 9.92. The van der Waals surface area contributed by atoms with Crippen LogP contribution in [0.15, 0.2) is 64.5 Å². The van der Waals surface area contributed by atoms with Crippen molar-refractivity contribution in [1.82, 2.24) is 4.72 Å². The summed E-state index contributed by atoms with van der Waals surface area (Å²) in [5, 5.41) is -2.34. The molecule has 1 aliphatic carbocycles. The van der Waals surface area contributed by atoms with Crippen molar-refractivity contribution < 1.29 is 26.8 Å². The zero-order valence-electron chi connectivity index (χ0n) is 15.9. The highest BCUT2D eigenvalue weighted by Crippen LogP contribution is 2.65. The molecule has 1 unspecified atom stereocenters. The minimum absolute atomic E-state index is 0.0554. The molecule has 0 aromatic heterocycles. The number of Topliss-reactive ketones (excluding diaryl/α,β-unsaturated/α-hetero) is 1. The fraction of sp³-hybridized carbons (Fsp3) is 0.211. The number of sulfonamides is 1. The number of ketones is 1. The molecule has 29 heavy (non-hydrogen) atoms. The van der Waals surface area contributed by atoms with Crippen LogP contribution < -0.4 is 4.72 Å². The van der Waals surface area contributed by atoms with E-state index in [4.69, 9.17) is 20.6 Å². The van der Waals surface area contributed by atoms with Gasteiger partial charge in [-0.05, 0) is 25.1 Å². The molecule has 0 aliphatic heterocycles. The van der Waals surface area contributed by atoms with Crippen LogP contribution in [0.1, 0.15) is 21.5 Å². The molecule has 0 bridgehead atoms. The Bertz CT molecular complexity index is 1140. The molecule has 7 nitrogen and oxygen atoms in total. The van der Waals surface area contributed by atoms with Gasteiger partial charge in [0.2, 0.25) is 15.8 Å². The fourth-order valence-electron chi connectivity index (χ4n) is 3.18. The molecule has 1 aliphatic rings. The van der Waals surface area contributed by atoms with E-state index in [-0.39, 0.29) is 21.1 Å². The number of carbonyl (C=O) groups excluding carboxylic acids is 1. The zero-order chi connectivity index (χ0) is 21.4. The van der Waals surface area contributed by atoms with Gasteiger partial charge in [0.15, 0.2) is 5.28 Å². The Labute approximate surface area is 174 Å². The molecule has 0 saturated carbocycles. The highest BCUT2D eigenvalue weighted by atomic mass is 35.5. The highest BCUT2D eigenvalue weighted by Gasteiger charge is 2.56. The number of rotatable bonds is 6. The van der Waals surface area contributed by atoms with E-state index in [1.807, 2.05) is 6.92 Å². The van der Waals surface area contributed by atoms with E-state index in [9.17, 15) is 17.8 Å². The van der Waals surface area contributed by atoms with Gasteiger partial charge in [-0.1, -0.05) is 53.6 Å². The number of carbonyl (C=O) groups is 1. The first-order valence-corrected chi connectivity index (χ1v) is 11.9. The molecule has 1 N–H and O–H groups in total. The molecule has 0 amide bonds. The molecule has 0 fully saturated rings. The Kier molecular flexibility index (Phi) is 5.89.